The number of halogens is 1. The third kappa shape index (κ3) is 2.29. The third-order valence-corrected chi connectivity index (χ3v) is 4.01. The topological polar surface area (TPSA) is 82.8 Å². The molecule has 2 heterocycles. The van der Waals surface area contributed by atoms with Crippen LogP contribution in [0.2, 0.25) is 5.02 Å². The maximum Gasteiger partial charge on any atom is 0.326 e. The zero-order chi connectivity index (χ0) is 14.4. The highest BCUT2D eigenvalue weighted by Gasteiger charge is 2.41. The van der Waals surface area contributed by atoms with Crippen molar-refractivity contribution < 1.29 is 19.8 Å². The van der Waals surface area contributed by atoms with Crippen LogP contribution in [0.1, 0.15) is 35.8 Å². The Morgan fingerprint density at radius 1 is 1.35 bits per heavy atom. The average molecular weight is 299 g/mol. The number of nitrogens with zero attached hydrogens (tertiary/aromatic N) is 2. The van der Waals surface area contributed by atoms with Gasteiger partial charge < -0.3 is 19.7 Å². The van der Waals surface area contributed by atoms with E-state index in [2.05, 4.69) is 0 Å². The molecule has 7 heteroatoms. The summed E-state index contributed by atoms with van der Waals surface area (Å²) in [7, 11) is 0. The Kier molecular flexibility index (Phi) is 3.22. The Balaban J connectivity index is 1.90. The number of carbonyl (C=O) groups excluding carboxylic acids is 1. The maximum atomic E-state index is 12.5. The molecule has 1 unspecified atom stereocenters. The van der Waals surface area contributed by atoms with E-state index in [1.165, 1.54) is 4.90 Å². The molecule has 0 radical (unpaired) electrons. The molecule has 0 bridgehead atoms. The number of carboxylic acid groups (broad SMARTS) is 1. The molecule has 2 aliphatic rings. The number of aromatic nitrogens is 1. The number of hydrogen-bond acceptors (Lipinski definition) is 3. The second-order valence-electron chi connectivity index (χ2n) is 5.38. The molecule has 2 atom stereocenters. The molecule has 1 aliphatic heterocycles. The number of aliphatic hydroxyl groups is 1. The number of carbonyl (C=O) groups is 2. The largest absolute Gasteiger partial charge is 0.480 e. The van der Waals surface area contributed by atoms with E-state index >= 15 is 0 Å². The van der Waals surface area contributed by atoms with Gasteiger partial charge in [-0.05, 0) is 18.9 Å². The molecule has 2 fully saturated rings. The monoisotopic (exact) mass is 298 g/mol. The highest BCUT2D eigenvalue weighted by atomic mass is 35.5. The van der Waals surface area contributed by atoms with Crippen LogP contribution >= 0.6 is 11.6 Å². The first kappa shape index (κ1) is 13.5. The quantitative estimate of drug-likeness (QED) is 0.876. The number of amides is 1. The number of hydrogen-bond donors (Lipinski definition) is 2. The van der Waals surface area contributed by atoms with E-state index in [1.54, 1.807) is 12.3 Å². The molecule has 1 saturated heterocycles. The molecule has 20 heavy (non-hydrogen) atoms. The standard InChI is InChI=1S/C13H15ClN2O4/c14-7-3-10(15(5-7)8-1-2-8)12(18)16-6-9(17)4-11(16)13(19)20/h3,5,8-9,11,17H,1-2,4,6H2,(H,19,20)/t9?,11-/m0/s1. The maximum absolute atomic E-state index is 12.5. The predicted molar refractivity (Wildman–Crippen MR) is 70.8 cm³/mol. The third-order valence-electron chi connectivity index (χ3n) is 3.80. The summed E-state index contributed by atoms with van der Waals surface area (Å²) in [5, 5.41) is 19.2. The van der Waals surface area contributed by atoms with Gasteiger partial charge in [0, 0.05) is 25.2 Å². The van der Waals surface area contributed by atoms with Gasteiger partial charge in [0.1, 0.15) is 11.7 Å². The van der Waals surface area contributed by atoms with Crippen molar-refractivity contribution in [2.24, 2.45) is 0 Å². The summed E-state index contributed by atoms with van der Waals surface area (Å²) in [6.45, 7) is 0.0449. The summed E-state index contributed by atoms with van der Waals surface area (Å²) in [5.41, 5.74) is 0.401. The van der Waals surface area contributed by atoms with Crippen LogP contribution in [0.15, 0.2) is 12.3 Å². The number of aliphatic carboxylic acids is 1. The van der Waals surface area contributed by atoms with Crippen molar-refractivity contribution in [2.45, 2.75) is 37.5 Å². The number of likely N-dealkylation sites (tertiary alicyclic amines) is 1. The molecule has 0 spiro atoms. The minimum Gasteiger partial charge on any atom is -0.480 e. The van der Waals surface area contributed by atoms with Crippen LogP contribution in [0.4, 0.5) is 0 Å². The second-order valence-corrected chi connectivity index (χ2v) is 5.82. The van der Waals surface area contributed by atoms with Gasteiger partial charge in [-0.2, -0.15) is 0 Å². The SMILES string of the molecule is O=C(O)[C@@H]1CC(O)CN1C(=O)c1cc(Cl)cn1C1CC1. The van der Waals surface area contributed by atoms with E-state index in [0.717, 1.165) is 12.8 Å². The minimum atomic E-state index is -1.09. The van der Waals surface area contributed by atoms with E-state index in [9.17, 15) is 14.7 Å². The Hall–Kier alpha value is -1.53. The first-order valence-corrected chi connectivity index (χ1v) is 6.94. The number of carboxylic acids is 1. The molecule has 1 saturated carbocycles. The second kappa shape index (κ2) is 4.79. The minimum absolute atomic E-state index is 0.0449. The lowest BCUT2D eigenvalue weighted by molar-refractivity contribution is -0.141. The molecule has 1 amide bonds. The van der Waals surface area contributed by atoms with Gasteiger partial charge in [-0.3, -0.25) is 4.79 Å². The molecular weight excluding hydrogens is 284 g/mol. The number of aliphatic hydroxyl groups excluding tert-OH is 1. The predicted octanol–water partition coefficient (Wildman–Crippen LogP) is 1.14. The fraction of sp³-hybridized carbons (Fsp3) is 0.538. The first-order chi connectivity index (χ1) is 9.47. The van der Waals surface area contributed by atoms with Gasteiger partial charge in [0.2, 0.25) is 0 Å². The highest BCUT2D eigenvalue weighted by molar-refractivity contribution is 6.31. The van der Waals surface area contributed by atoms with Crippen molar-refractivity contribution in [2.75, 3.05) is 6.54 Å². The summed E-state index contributed by atoms with van der Waals surface area (Å²) in [6, 6.07) is 0.863. The molecule has 2 N–H and O–H groups in total. The van der Waals surface area contributed by atoms with Crippen LogP contribution in [0, 0.1) is 0 Å². The van der Waals surface area contributed by atoms with Crippen LogP contribution in [-0.2, 0) is 4.79 Å². The van der Waals surface area contributed by atoms with Gasteiger partial charge in [0.25, 0.3) is 5.91 Å². The number of β-amino-alcohol motifs (C(OH)–C–C–N with tert-alkyl or cyclic N) is 1. The van der Waals surface area contributed by atoms with Crippen molar-refractivity contribution in [3.63, 3.8) is 0 Å². The molecule has 0 aromatic carbocycles. The summed E-state index contributed by atoms with van der Waals surface area (Å²) < 4.78 is 1.81. The highest BCUT2D eigenvalue weighted by Crippen LogP contribution is 2.38. The summed E-state index contributed by atoms with van der Waals surface area (Å²) in [6.07, 6.45) is 2.97. The molecular formula is C13H15ClN2O4. The van der Waals surface area contributed by atoms with E-state index in [4.69, 9.17) is 16.7 Å². The van der Waals surface area contributed by atoms with Gasteiger partial charge in [0.15, 0.2) is 0 Å². The fourth-order valence-corrected chi connectivity index (χ4v) is 2.90. The molecule has 1 aromatic rings. The van der Waals surface area contributed by atoms with E-state index in [0.29, 0.717) is 10.7 Å². The lowest BCUT2D eigenvalue weighted by atomic mass is 10.2. The normalized spacial score (nSPS) is 26.0. The van der Waals surface area contributed by atoms with Crippen molar-refractivity contribution in [3.8, 4) is 0 Å². The Morgan fingerprint density at radius 3 is 2.65 bits per heavy atom. The zero-order valence-electron chi connectivity index (χ0n) is 10.7. The molecule has 1 aromatic heterocycles. The summed E-state index contributed by atoms with van der Waals surface area (Å²) in [4.78, 5) is 25.0. The van der Waals surface area contributed by atoms with Crippen molar-refractivity contribution >= 4 is 23.5 Å². The van der Waals surface area contributed by atoms with Crippen molar-refractivity contribution in [1.82, 2.24) is 9.47 Å². The van der Waals surface area contributed by atoms with Gasteiger partial charge in [-0.15, -0.1) is 0 Å². The van der Waals surface area contributed by atoms with Crippen molar-refractivity contribution in [3.05, 3.63) is 23.0 Å². The lowest BCUT2D eigenvalue weighted by Gasteiger charge is -2.21. The molecule has 3 rings (SSSR count). The van der Waals surface area contributed by atoms with Gasteiger partial charge >= 0.3 is 5.97 Å². The van der Waals surface area contributed by atoms with Crippen LogP contribution in [0.5, 0.6) is 0 Å². The summed E-state index contributed by atoms with van der Waals surface area (Å²) >= 11 is 5.96. The van der Waals surface area contributed by atoms with Crippen LogP contribution < -0.4 is 0 Å². The van der Waals surface area contributed by atoms with E-state index in [1.807, 2.05) is 4.57 Å². The van der Waals surface area contributed by atoms with Gasteiger partial charge in [0.05, 0.1) is 11.1 Å². The summed E-state index contributed by atoms with van der Waals surface area (Å²) in [5.74, 6) is -1.47. The fourth-order valence-electron chi connectivity index (χ4n) is 2.69. The smallest absolute Gasteiger partial charge is 0.326 e. The van der Waals surface area contributed by atoms with Crippen molar-refractivity contribution in [1.29, 1.82) is 0 Å². The Bertz CT molecular complexity index is 567. The van der Waals surface area contributed by atoms with Crippen LogP contribution in [-0.4, -0.2) is 50.2 Å². The lowest BCUT2D eigenvalue weighted by Crippen LogP contribution is -2.41. The Morgan fingerprint density at radius 2 is 2.05 bits per heavy atom. The van der Waals surface area contributed by atoms with Gasteiger partial charge in [-0.1, -0.05) is 11.6 Å². The number of rotatable bonds is 3. The van der Waals surface area contributed by atoms with Gasteiger partial charge in [-0.25, -0.2) is 4.79 Å². The van der Waals surface area contributed by atoms with Crippen LogP contribution in [0.3, 0.4) is 0 Å². The Labute approximate surface area is 120 Å². The van der Waals surface area contributed by atoms with Crippen LogP contribution in [0.25, 0.3) is 0 Å². The first-order valence-electron chi connectivity index (χ1n) is 6.56. The average Bonchev–Trinajstić information content (AvgIpc) is 3.04. The molecule has 6 nitrogen and oxygen atoms in total. The molecule has 1 aliphatic carbocycles. The van der Waals surface area contributed by atoms with E-state index in [-0.39, 0.29) is 24.9 Å². The zero-order valence-corrected chi connectivity index (χ0v) is 11.5. The molecule has 108 valence electrons. The van der Waals surface area contributed by atoms with E-state index < -0.39 is 18.1 Å².